The van der Waals surface area contributed by atoms with E-state index in [1.165, 1.54) is 12.3 Å². The summed E-state index contributed by atoms with van der Waals surface area (Å²) >= 11 is 0. The van der Waals surface area contributed by atoms with Crippen LogP contribution in [-0.2, 0) is 9.53 Å². The predicted molar refractivity (Wildman–Crippen MR) is 81.6 cm³/mol. The van der Waals surface area contributed by atoms with E-state index < -0.39 is 5.97 Å². The van der Waals surface area contributed by atoms with E-state index in [9.17, 15) is 9.59 Å². The van der Waals surface area contributed by atoms with Crippen LogP contribution < -0.4 is 0 Å². The highest BCUT2D eigenvalue weighted by atomic mass is 16.5. The minimum Gasteiger partial charge on any atom is -0.463 e. The molecule has 2 aromatic heterocycles. The van der Waals surface area contributed by atoms with Crippen molar-refractivity contribution >= 4 is 11.9 Å². The van der Waals surface area contributed by atoms with Crippen LogP contribution in [0, 0.1) is 0 Å². The average Bonchev–Trinajstić information content (AvgIpc) is 3.18. The first-order chi connectivity index (χ1) is 11.2. The Morgan fingerprint density at radius 1 is 1.26 bits per heavy atom. The van der Waals surface area contributed by atoms with Gasteiger partial charge >= 0.3 is 5.97 Å². The summed E-state index contributed by atoms with van der Waals surface area (Å²) in [5.41, 5.74) is 0.709. The highest BCUT2D eigenvalue weighted by molar-refractivity contribution is 5.90. The van der Waals surface area contributed by atoms with Gasteiger partial charge in [0.05, 0.1) is 6.26 Å². The maximum Gasteiger partial charge on any atom is 0.356 e. The van der Waals surface area contributed by atoms with Crippen molar-refractivity contribution < 1.29 is 18.7 Å². The monoisotopic (exact) mass is 317 g/mol. The van der Waals surface area contributed by atoms with Crippen molar-refractivity contribution in [1.82, 2.24) is 15.1 Å². The second-order valence-corrected chi connectivity index (χ2v) is 5.52. The van der Waals surface area contributed by atoms with Crippen LogP contribution in [0.1, 0.15) is 36.2 Å². The summed E-state index contributed by atoms with van der Waals surface area (Å²) in [4.78, 5) is 25.8. The van der Waals surface area contributed by atoms with Gasteiger partial charge in [-0.2, -0.15) is 5.10 Å². The van der Waals surface area contributed by atoms with Gasteiger partial charge in [-0.3, -0.25) is 9.89 Å². The molecule has 1 aliphatic heterocycles. The number of rotatable bonds is 4. The lowest BCUT2D eigenvalue weighted by atomic mass is 10.2. The molecule has 7 nitrogen and oxygen atoms in total. The first kappa shape index (κ1) is 15.3. The van der Waals surface area contributed by atoms with Crippen molar-refractivity contribution in [1.29, 1.82) is 0 Å². The average molecular weight is 317 g/mol. The summed E-state index contributed by atoms with van der Waals surface area (Å²) in [6.45, 7) is 1.24. The lowest BCUT2D eigenvalue weighted by Gasteiger charge is -2.19. The molecule has 1 fully saturated rings. The Labute approximate surface area is 133 Å². The van der Waals surface area contributed by atoms with Gasteiger partial charge in [-0.1, -0.05) is 12.8 Å². The lowest BCUT2D eigenvalue weighted by molar-refractivity contribution is -0.134. The standard InChI is InChI=1S/C16H19N3O4/c20-15(19-7-3-1-2-4-8-19)11-23-16(21)13-10-12(17-18-13)14-6-5-9-22-14/h5-6,9-10H,1-4,7-8,11H2,(H,17,18). The van der Waals surface area contributed by atoms with Gasteiger partial charge in [0.15, 0.2) is 12.4 Å². The van der Waals surface area contributed by atoms with E-state index in [4.69, 9.17) is 9.15 Å². The van der Waals surface area contributed by atoms with E-state index >= 15 is 0 Å². The smallest absolute Gasteiger partial charge is 0.356 e. The third-order valence-corrected chi connectivity index (χ3v) is 3.86. The van der Waals surface area contributed by atoms with Gasteiger partial charge in [-0.05, 0) is 25.0 Å². The molecule has 3 heterocycles. The molecular formula is C16H19N3O4. The molecule has 1 amide bonds. The summed E-state index contributed by atoms with van der Waals surface area (Å²) in [5.74, 6) is -0.189. The number of ether oxygens (including phenoxy) is 1. The molecule has 0 aromatic carbocycles. The summed E-state index contributed by atoms with van der Waals surface area (Å²) in [7, 11) is 0. The van der Waals surface area contributed by atoms with E-state index in [2.05, 4.69) is 10.2 Å². The number of hydrogen-bond donors (Lipinski definition) is 1. The van der Waals surface area contributed by atoms with Crippen molar-refractivity contribution in [2.75, 3.05) is 19.7 Å². The van der Waals surface area contributed by atoms with E-state index in [0.29, 0.717) is 11.5 Å². The number of amides is 1. The Balaban J connectivity index is 1.54. The zero-order valence-electron chi connectivity index (χ0n) is 12.8. The largest absolute Gasteiger partial charge is 0.463 e. The summed E-state index contributed by atoms with van der Waals surface area (Å²) in [6.07, 6.45) is 5.84. The van der Waals surface area contributed by atoms with Gasteiger partial charge in [-0.15, -0.1) is 0 Å². The fourth-order valence-corrected chi connectivity index (χ4v) is 2.59. The third kappa shape index (κ3) is 3.80. The van der Waals surface area contributed by atoms with Gasteiger partial charge in [0.2, 0.25) is 0 Å². The number of carbonyl (C=O) groups excluding carboxylic acids is 2. The molecule has 0 bridgehead atoms. The summed E-state index contributed by atoms with van der Waals surface area (Å²) in [5, 5.41) is 6.59. The maximum absolute atomic E-state index is 12.1. The number of nitrogens with one attached hydrogen (secondary N) is 1. The number of aromatic amines is 1. The molecule has 23 heavy (non-hydrogen) atoms. The Morgan fingerprint density at radius 3 is 2.74 bits per heavy atom. The SMILES string of the molecule is O=C(OCC(=O)N1CCCCCC1)c1cc(-c2ccco2)n[nH]1. The predicted octanol–water partition coefficient (Wildman–Crippen LogP) is 2.23. The number of aromatic nitrogens is 2. The quantitative estimate of drug-likeness (QED) is 0.874. The lowest BCUT2D eigenvalue weighted by Crippen LogP contribution is -2.35. The maximum atomic E-state index is 12.1. The normalized spacial score (nSPS) is 15.2. The zero-order valence-corrected chi connectivity index (χ0v) is 12.8. The second kappa shape index (κ2) is 7.13. The third-order valence-electron chi connectivity index (χ3n) is 3.86. The molecule has 0 radical (unpaired) electrons. The van der Waals surface area contributed by atoms with Gasteiger partial charge in [-0.25, -0.2) is 4.79 Å². The fraction of sp³-hybridized carbons (Fsp3) is 0.438. The molecule has 0 aliphatic carbocycles. The van der Waals surface area contributed by atoms with Crippen molar-refractivity contribution in [2.24, 2.45) is 0 Å². The minimum atomic E-state index is -0.599. The van der Waals surface area contributed by atoms with Crippen molar-refractivity contribution in [2.45, 2.75) is 25.7 Å². The van der Waals surface area contributed by atoms with Crippen LogP contribution in [0.2, 0.25) is 0 Å². The van der Waals surface area contributed by atoms with Crippen LogP contribution in [-0.4, -0.2) is 46.7 Å². The molecule has 1 saturated heterocycles. The van der Waals surface area contributed by atoms with Crippen LogP contribution in [0.15, 0.2) is 28.9 Å². The van der Waals surface area contributed by atoms with Crippen LogP contribution >= 0.6 is 0 Å². The van der Waals surface area contributed by atoms with Crippen molar-refractivity contribution in [3.8, 4) is 11.5 Å². The minimum absolute atomic E-state index is 0.147. The van der Waals surface area contributed by atoms with Crippen molar-refractivity contribution in [3.05, 3.63) is 30.2 Å². The van der Waals surface area contributed by atoms with Crippen LogP contribution in [0.25, 0.3) is 11.5 Å². The molecule has 2 aromatic rings. The number of carbonyl (C=O) groups is 2. The number of furan rings is 1. The second-order valence-electron chi connectivity index (χ2n) is 5.52. The molecule has 3 rings (SSSR count). The first-order valence-electron chi connectivity index (χ1n) is 7.78. The van der Waals surface area contributed by atoms with Crippen LogP contribution in [0.3, 0.4) is 0 Å². The Bertz CT molecular complexity index is 655. The Hall–Kier alpha value is -2.57. The summed E-state index contributed by atoms with van der Waals surface area (Å²) in [6, 6.07) is 5.02. The van der Waals surface area contributed by atoms with Crippen LogP contribution in [0.4, 0.5) is 0 Å². The molecule has 0 spiro atoms. The molecule has 0 atom stereocenters. The topological polar surface area (TPSA) is 88.4 Å². The van der Waals surface area contributed by atoms with Gasteiger partial charge in [0.1, 0.15) is 11.4 Å². The van der Waals surface area contributed by atoms with E-state index in [-0.39, 0.29) is 18.2 Å². The Morgan fingerprint density at radius 2 is 2.04 bits per heavy atom. The highest BCUT2D eigenvalue weighted by Gasteiger charge is 2.19. The number of esters is 1. The number of nitrogens with zero attached hydrogens (tertiary/aromatic N) is 2. The molecule has 0 unspecified atom stereocenters. The highest BCUT2D eigenvalue weighted by Crippen LogP contribution is 2.18. The molecule has 1 aliphatic rings. The molecule has 1 N–H and O–H groups in total. The van der Waals surface area contributed by atoms with E-state index in [0.717, 1.165) is 38.8 Å². The van der Waals surface area contributed by atoms with Gasteiger partial charge in [0.25, 0.3) is 5.91 Å². The van der Waals surface area contributed by atoms with Crippen molar-refractivity contribution in [3.63, 3.8) is 0 Å². The van der Waals surface area contributed by atoms with Gasteiger partial charge in [0, 0.05) is 19.2 Å². The molecule has 122 valence electrons. The number of likely N-dealkylation sites (tertiary alicyclic amines) is 1. The van der Waals surface area contributed by atoms with E-state index in [1.807, 2.05) is 0 Å². The van der Waals surface area contributed by atoms with E-state index in [1.54, 1.807) is 17.0 Å². The van der Waals surface area contributed by atoms with Crippen LogP contribution in [0.5, 0.6) is 0 Å². The number of H-pyrrole nitrogens is 1. The number of hydrogen-bond acceptors (Lipinski definition) is 5. The summed E-state index contributed by atoms with van der Waals surface area (Å²) < 4.78 is 10.3. The fourth-order valence-electron chi connectivity index (χ4n) is 2.59. The first-order valence-corrected chi connectivity index (χ1v) is 7.78. The molecule has 0 saturated carbocycles. The Kier molecular flexibility index (Phi) is 4.75. The molecule has 7 heteroatoms. The van der Waals surface area contributed by atoms with Gasteiger partial charge < -0.3 is 14.1 Å². The zero-order chi connectivity index (χ0) is 16.1. The molecular weight excluding hydrogens is 298 g/mol.